The average molecular weight is 354 g/mol. The zero-order valence-corrected chi connectivity index (χ0v) is 12.7. The first kappa shape index (κ1) is 15.8. The Morgan fingerprint density at radius 3 is 2.43 bits per heavy atom. The predicted octanol–water partition coefficient (Wildman–Crippen LogP) is 3.58. The third-order valence-electron chi connectivity index (χ3n) is 3.32. The molecule has 2 aromatic rings. The van der Waals surface area contributed by atoms with Gasteiger partial charge in [-0.05, 0) is 33.6 Å². The summed E-state index contributed by atoms with van der Waals surface area (Å²) in [4.78, 5) is 12.3. The summed E-state index contributed by atoms with van der Waals surface area (Å²) in [5.41, 5.74) is 6.17. The van der Waals surface area contributed by atoms with Crippen molar-refractivity contribution < 1.29 is 13.6 Å². The first-order chi connectivity index (χ1) is 10.0. The summed E-state index contributed by atoms with van der Waals surface area (Å²) in [7, 11) is 0. The number of nitrogens with two attached hydrogens (primary N) is 1. The topological polar surface area (TPSA) is 43.1 Å². The van der Waals surface area contributed by atoms with Crippen LogP contribution in [0.25, 0.3) is 0 Å². The highest BCUT2D eigenvalue weighted by Gasteiger charge is 2.22. The van der Waals surface area contributed by atoms with Crippen molar-refractivity contribution in [3.63, 3.8) is 0 Å². The van der Waals surface area contributed by atoms with Crippen molar-refractivity contribution >= 4 is 21.7 Å². The molecule has 0 fully saturated rings. The van der Waals surface area contributed by atoms with Gasteiger partial charge in [0.05, 0.1) is 10.4 Å². The van der Waals surface area contributed by atoms with Gasteiger partial charge in [0.1, 0.15) is 17.4 Å². The van der Waals surface area contributed by atoms with Crippen LogP contribution in [0, 0.1) is 11.6 Å². The molecule has 2 rings (SSSR count). The van der Waals surface area contributed by atoms with E-state index < -0.39 is 17.6 Å². The Kier molecular flexibility index (Phi) is 5.20. The van der Waals surface area contributed by atoms with Crippen LogP contribution in [0.1, 0.15) is 17.0 Å². The van der Waals surface area contributed by atoms with Crippen LogP contribution < -0.4 is 5.73 Å². The van der Waals surface area contributed by atoms with Gasteiger partial charge < -0.3 is 5.73 Å². The fraction of sp³-hybridized carbons (Fsp3) is 0.188. The molecule has 0 radical (unpaired) electrons. The highest BCUT2D eigenvalue weighted by atomic mass is 79.9. The molecular weight excluding hydrogens is 340 g/mol. The van der Waals surface area contributed by atoms with E-state index in [1.54, 1.807) is 24.3 Å². The van der Waals surface area contributed by atoms with E-state index in [0.717, 1.165) is 11.6 Å². The molecule has 0 bridgehead atoms. The zero-order chi connectivity index (χ0) is 15.4. The number of halogens is 3. The molecule has 0 saturated carbocycles. The largest absolute Gasteiger partial charge is 0.329 e. The van der Waals surface area contributed by atoms with Crippen molar-refractivity contribution in [3.8, 4) is 0 Å². The molecule has 0 aliphatic rings. The molecule has 0 aromatic heterocycles. The summed E-state index contributed by atoms with van der Waals surface area (Å²) < 4.78 is 27.8. The van der Waals surface area contributed by atoms with E-state index in [4.69, 9.17) is 5.73 Å². The van der Waals surface area contributed by atoms with Gasteiger partial charge in [-0.3, -0.25) is 4.79 Å². The molecule has 2 aromatic carbocycles. The van der Waals surface area contributed by atoms with Crippen molar-refractivity contribution in [2.75, 3.05) is 6.54 Å². The van der Waals surface area contributed by atoms with Crippen LogP contribution in [0.3, 0.4) is 0 Å². The molecule has 1 unspecified atom stereocenters. The molecule has 1 atom stereocenters. The zero-order valence-electron chi connectivity index (χ0n) is 11.2. The van der Waals surface area contributed by atoms with Crippen LogP contribution in [-0.4, -0.2) is 12.3 Å². The number of hydrogen-bond acceptors (Lipinski definition) is 2. The summed E-state index contributed by atoms with van der Waals surface area (Å²) >= 11 is 2.99. The van der Waals surface area contributed by atoms with E-state index in [0.29, 0.717) is 0 Å². The minimum Gasteiger partial charge on any atom is -0.329 e. The number of ketones is 1. The second kappa shape index (κ2) is 6.91. The molecule has 0 aliphatic carbocycles. The Hall–Kier alpha value is -1.59. The van der Waals surface area contributed by atoms with E-state index >= 15 is 0 Å². The molecule has 0 amide bonds. The lowest BCUT2D eigenvalue weighted by Crippen LogP contribution is -2.24. The molecule has 110 valence electrons. The van der Waals surface area contributed by atoms with Gasteiger partial charge in [0.2, 0.25) is 0 Å². The molecule has 21 heavy (non-hydrogen) atoms. The van der Waals surface area contributed by atoms with Crippen LogP contribution in [0.5, 0.6) is 0 Å². The number of benzene rings is 2. The van der Waals surface area contributed by atoms with Gasteiger partial charge in [-0.15, -0.1) is 0 Å². The maximum absolute atomic E-state index is 13.9. The normalized spacial score (nSPS) is 12.2. The second-order valence-electron chi connectivity index (χ2n) is 4.66. The average Bonchev–Trinajstić information content (AvgIpc) is 2.49. The van der Waals surface area contributed by atoms with Crippen LogP contribution >= 0.6 is 15.9 Å². The molecule has 0 spiro atoms. The number of Topliss-reactive ketones (excluding diaryl/α,β-unsaturated/α-hetero) is 1. The highest BCUT2D eigenvalue weighted by Crippen LogP contribution is 2.24. The Bertz CT molecular complexity index is 646. The minimum atomic E-state index is -0.743. The minimum absolute atomic E-state index is 0.0973. The lowest BCUT2D eigenvalue weighted by molar-refractivity contribution is -0.119. The van der Waals surface area contributed by atoms with Gasteiger partial charge in [0.25, 0.3) is 0 Å². The van der Waals surface area contributed by atoms with Gasteiger partial charge >= 0.3 is 0 Å². The Labute approximate surface area is 130 Å². The predicted molar refractivity (Wildman–Crippen MR) is 81.0 cm³/mol. The number of hydrogen-bond donors (Lipinski definition) is 1. The summed E-state index contributed by atoms with van der Waals surface area (Å²) in [6, 6.07) is 11.4. The maximum Gasteiger partial charge on any atom is 0.146 e. The van der Waals surface area contributed by atoms with Gasteiger partial charge in [-0.2, -0.15) is 0 Å². The van der Waals surface area contributed by atoms with Gasteiger partial charge in [-0.25, -0.2) is 8.78 Å². The van der Waals surface area contributed by atoms with Crippen molar-refractivity contribution in [1.29, 1.82) is 0 Å². The Morgan fingerprint density at radius 2 is 1.81 bits per heavy atom. The highest BCUT2D eigenvalue weighted by molar-refractivity contribution is 9.10. The monoisotopic (exact) mass is 353 g/mol. The summed E-state index contributed by atoms with van der Waals surface area (Å²) in [6.07, 6.45) is -0.326. The number of carbonyl (C=O) groups is 1. The van der Waals surface area contributed by atoms with Gasteiger partial charge in [-0.1, -0.05) is 30.3 Å². The van der Waals surface area contributed by atoms with Gasteiger partial charge in [0, 0.05) is 18.5 Å². The third kappa shape index (κ3) is 3.54. The first-order valence-electron chi connectivity index (χ1n) is 6.44. The molecule has 5 heteroatoms. The number of carbonyl (C=O) groups excluding carboxylic acids is 1. The standard InChI is InChI=1S/C16H14BrF2NO/c17-13-6-7-14(18)11(16(13)19)8-15(21)12(9-20)10-4-2-1-3-5-10/h1-7,12H,8-9,20H2. The van der Waals surface area contributed by atoms with Gasteiger partial charge in [0.15, 0.2) is 0 Å². The quantitative estimate of drug-likeness (QED) is 0.834. The van der Waals surface area contributed by atoms with E-state index in [2.05, 4.69) is 15.9 Å². The molecular formula is C16H14BrF2NO. The van der Waals surface area contributed by atoms with E-state index in [1.165, 1.54) is 6.07 Å². The van der Waals surface area contributed by atoms with Crippen LogP contribution in [0.2, 0.25) is 0 Å². The van der Waals surface area contributed by atoms with E-state index in [9.17, 15) is 13.6 Å². The van der Waals surface area contributed by atoms with Crippen LogP contribution in [0.15, 0.2) is 46.9 Å². The Morgan fingerprint density at radius 1 is 1.14 bits per heavy atom. The smallest absolute Gasteiger partial charge is 0.146 e. The van der Waals surface area contributed by atoms with Crippen molar-refractivity contribution in [2.45, 2.75) is 12.3 Å². The summed E-state index contributed by atoms with van der Waals surface area (Å²) in [5.74, 6) is -2.34. The van der Waals surface area contributed by atoms with Crippen molar-refractivity contribution in [2.24, 2.45) is 5.73 Å². The van der Waals surface area contributed by atoms with E-state index in [-0.39, 0.29) is 28.8 Å². The first-order valence-corrected chi connectivity index (χ1v) is 7.24. The molecule has 0 heterocycles. The van der Waals surface area contributed by atoms with Crippen LogP contribution in [-0.2, 0) is 11.2 Å². The SMILES string of the molecule is NCC(C(=O)Cc1c(F)ccc(Br)c1F)c1ccccc1. The second-order valence-corrected chi connectivity index (χ2v) is 5.52. The Balaban J connectivity index is 2.27. The van der Waals surface area contributed by atoms with Crippen molar-refractivity contribution in [3.05, 3.63) is 69.7 Å². The van der Waals surface area contributed by atoms with E-state index in [1.807, 2.05) is 6.07 Å². The molecule has 2 N–H and O–H groups in total. The lowest BCUT2D eigenvalue weighted by atomic mass is 9.91. The third-order valence-corrected chi connectivity index (χ3v) is 3.93. The van der Waals surface area contributed by atoms with Crippen molar-refractivity contribution in [1.82, 2.24) is 0 Å². The molecule has 0 saturated heterocycles. The fourth-order valence-electron chi connectivity index (χ4n) is 2.17. The van der Waals surface area contributed by atoms with Crippen LogP contribution in [0.4, 0.5) is 8.78 Å². The summed E-state index contributed by atoms with van der Waals surface area (Å²) in [6.45, 7) is 0.0973. The fourth-order valence-corrected chi connectivity index (χ4v) is 2.54. The summed E-state index contributed by atoms with van der Waals surface area (Å²) in [5, 5.41) is 0. The lowest BCUT2D eigenvalue weighted by Gasteiger charge is -2.15. The number of rotatable bonds is 5. The maximum atomic E-state index is 13.9. The molecule has 2 nitrogen and oxygen atoms in total. The molecule has 0 aliphatic heterocycles.